The van der Waals surface area contributed by atoms with Crippen LogP contribution >= 0.6 is 11.6 Å². The van der Waals surface area contributed by atoms with E-state index in [-0.39, 0.29) is 18.5 Å². The lowest BCUT2D eigenvalue weighted by atomic mass is 9.97. The molecule has 2 aliphatic rings. The van der Waals surface area contributed by atoms with Crippen molar-refractivity contribution in [3.05, 3.63) is 59.2 Å². The number of hydrogen-bond donors (Lipinski definition) is 0. The van der Waals surface area contributed by atoms with Crippen LogP contribution in [0.15, 0.2) is 48.1 Å². The maximum atomic E-state index is 12.4. The van der Waals surface area contributed by atoms with Crippen LogP contribution in [0.1, 0.15) is 35.7 Å². The molecule has 0 spiro atoms. The fourth-order valence-corrected chi connectivity index (χ4v) is 3.32. The summed E-state index contributed by atoms with van der Waals surface area (Å²) in [4.78, 5) is 24.6. The van der Waals surface area contributed by atoms with Crippen LogP contribution in [0.2, 0.25) is 0 Å². The van der Waals surface area contributed by atoms with Crippen molar-refractivity contribution in [2.75, 3.05) is 6.61 Å². The van der Waals surface area contributed by atoms with E-state index in [9.17, 15) is 9.59 Å². The smallest absolute Gasteiger partial charge is 0.338 e. The summed E-state index contributed by atoms with van der Waals surface area (Å²) in [5.74, 6) is -1.07. The standard InChI is InChI=1S/C21H23ClO5/c1-13-3-7-15(8-4-13)20(23)25-12-18-17(11-19(22)26-18)27-21(24)16-9-5-14(2)6-10-16/h3-9,16-19H,10-12H2,1-2H3/t16?,17-,18+,19-/m0/s1. The van der Waals surface area contributed by atoms with Crippen LogP contribution in [0, 0.1) is 12.8 Å². The fraction of sp³-hybridized carbons (Fsp3) is 0.429. The van der Waals surface area contributed by atoms with Crippen LogP contribution in [0.5, 0.6) is 0 Å². The molecule has 144 valence electrons. The molecule has 0 amide bonds. The zero-order valence-corrected chi connectivity index (χ0v) is 16.1. The highest BCUT2D eigenvalue weighted by molar-refractivity contribution is 6.19. The van der Waals surface area contributed by atoms with Crippen LogP contribution in [-0.2, 0) is 19.0 Å². The van der Waals surface area contributed by atoms with Crippen LogP contribution in [0.4, 0.5) is 0 Å². The van der Waals surface area contributed by atoms with Gasteiger partial charge in [0.15, 0.2) is 0 Å². The molecule has 1 unspecified atom stereocenters. The Morgan fingerprint density at radius 2 is 1.96 bits per heavy atom. The minimum Gasteiger partial charge on any atom is -0.459 e. The lowest BCUT2D eigenvalue weighted by Crippen LogP contribution is -2.34. The van der Waals surface area contributed by atoms with Crippen molar-refractivity contribution in [3.63, 3.8) is 0 Å². The highest BCUT2D eigenvalue weighted by Gasteiger charge is 2.39. The van der Waals surface area contributed by atoms with Gasteiger partial charge in [0.05, 0.1) is 11.5 Å². The second-order valence-corrected chi connectivity index (χ2v) is 7.40. The Bertz CT molecular complexity index is 752. The minimum absolute atomic E-state index is 0.0204. The van der Waals surface area contributed by atoms with E-state index in [1.165, 1.54) is 0 Å². The second kappa shape index (κ2) is 8.72. The zero-order chi connectivity index (χ0) is 19.4. The van der Waals surface area contributed by atoms with Crippen molar-refractivity contribution < 1.29 is 23.8 Å². The molecular formula is C21H23ClO5. The van der Waals surface area contributed by atoms with Gasteiger partial charge < -0.3 is 14.2 Å². The minimum atomic E-state index is -0.574. The molecule has 1 saturated heterocycles. The topological polar surface area (TPSA) is 61.8 Å². The molecule has 0 aromatic heterocycles. The fourth-order valence-electron chi connectivity index (χ4n) is 3.01. The molecule has 1 aromatic carbocycles. The average molecular weight is 391 g/mol. The van der Waals surface area contributed by atoms with E-state index >= 15 is 0 Å². The monoisotopic (exact) mass is 390 g/mol. The maximum Gasteiger partial charge on any atom is 0.338 e. The number of aryl methyl sites for hydroxylation is 1. The summed E-state index contributed by atoms with van der Waals surface area (Å²) in [5, 5.41) is 0. The van der Waals surface area contributed by atoms with Gasteiger partial charge in [0.1, 0.15) is 24.4 Å². The Morgan fingerprint density at radius 1 is 1.22 bits per heavy atom. The third-order valence-electron chi connectivity index (χ3n) is 4.68. The number of carbonyl (C=O) groups excluding carboxylic acids is 2. The van der Waals surface area contributed by atoms with E-state index in [4.69, 9.17) is 25.8 Å². The van der Waals surface area contributed by atoms with Gasteiger partial charge in [-0.05, 0) is 32.4 Å². The van der Waals surface area contributed by atoms with Gasteiger partial charge in [0, 0.05) is 6.42 Å². The Balaban J connectivity index is 1.54. The molecule has 1 aliphatic carbocycles. The highest BCUT2D eigenvalue weighted by Crippen LogP contribution is 2.28. The van der Waals surface area contributed by atoms with Crippen LogP contribution in [0.25, 0.3) is 0 Å². The van der Waals surface area contributed by atoms with Gasteiger partial charge in [-0.3, -0.25) is 4.79 Å². The molecule has 1 fully saturated rings. The molecule has 1 aliphatic heterocycles. The van der Waals surface area contributed by atoms with Gasteiger partial charge in [-0.15, -0.1) is 0 Å². The van der Waals surface area contributed by atoms with E-state index in [0.29, 0.717) is 18.4 Å². The zero-order valence-electron chi connectivity index (χ0n) is 15.4. The highest BCUT2D eigenvalue weighted by atomic mass is 35.5. The number of carbonyl (C=O) groups is 2. The summed E-state index contributed by atoms with van der Waals surface area (Å²) in [6, 6.07) is 7.10. The number of esters is 2. The van der Waals surface area contributed by atoms with Gasteiger partial charge in [0.25, 0.3) is 0 Å². The van der Waals surface area contributed by atoms with Gasteiger partial charge in [0.2, 0.25) is 0 Å². The molecule has 1 aromatic rings. The summed E-state index contributed by atoms with van der Waals surface area (Å²) in [6.07, 6.45) is 5.63. The van der Waals surface area contributed by atoms with E-state index < -0.39 is 23.7 Å². The molecular weight excluding hydrogens is 368 g/mol. The molecule has 6 heteroatoms. The molecule has 0 radical (unpaired) electrons. The number of allylic oxidation sites excluding steroid dienone is 3. The summed E-state index contributed by atoms with van der Waals surface area (Å²) in [5.41, 5.74) is 2.08. The predicted molar refractivity (Wildman–Crippen MR) is 101 cm³/mol. The third-order valence-corrected chi connectivity index (χ3v) is 4.96. The molecule has 0 bridgehead atoms. The SMILES string of the molecule is CC1=CCC(C(=O)O[C@H]2C[C@@H](Cl)O[C@@H]2COC(=O)c2ccc(C)cc2)C=C1. The summed E-state index contributed by atoms with van der Waals surface area (Å²) >= 11 is 6.06. The van der Waals surface area contributed by atoms with Crippen molar-refractivity contribution in [2.24, 2.45) is 5.92 Å². The largest absolute Gasteiger partial charge is 0.459 e. The Hall–Kier alpha value is -2.11. The average Bonchev–Trinajstić information content (AvgIpc) is 3.00. The van der Waals surface area contributed by atoms with Gasteiger partial charge in [-0.25, -0.2) is 4.79 Å². The van der Waals surface area contributed by atoms with E-state index in [1.54, 1.807) is 12.1 Å². The van der Waals surface area contributed by atoms with Gasteiger partial charge in [-0.2, -0.15) is 0 Å². The van der Waals surface area contributed by atoms with Crippen molar-refractivity contribution in [2.45, 2.75) is 44.5 Å². The van der Waals surface area contributed by atoms with Crippen LogP contribution in [0.3, 0.4) is 0 Å². The number of ether oxygens (including phenoxy) is 3. The third kappa shape index (κ3) is 5.21. The number of alkyl halides is 1. The van der Waals surface area contributed by atoms with Crippen molar-refractivity contribution in [3.8, 4) is 0 Å². The molecule has 4 atom stereocenters. The van der Waals surface area contributed by atoms with Gasteiger partial charge >= 0.3 is 11.9 Å². The van der Waals surface area contributed by atoms with E-state index in [1.807, 2.05) is 44.2 Å². The lowest BCUT2D eigenvalue weighted by Gasteiger charge is -2.21. The molecule has 1 heterocycles. The summed E-state index contributed by atoms with van der Waals surface area (Å²) in [6.45, 7) is 3.91. The van der Waals surface area contributed by atoms with Crippen molar-refractivity contribution in [1.82, 2.24) is 0 Å². The molecule has 3 rings (SSSR count). The van der Waals surface area contributed by atoms with E-state index in [2.05, 4.69) is 0 Å². The number of halogens is 1. The van der Waals surface area contributed by atoms with Crippen LogP contribution < -0.4 is 0 Å². The number of benzene rings is 1. The first-order chi connectivity index (χ1) is 12.9. The molecule has 5 nitrogen and oxygen atoms in total. The van der Waals surface area contributed by atoms with Gasteiger partial charge in [-0.1, -0.05) is 53.1 Å². The second-order valence-electron chi connectivity index (χ2n) is 6.91. The molecule has 0 N–H and O–H groups in total. The molecule has 0 saturated carbocycles. The van der Waals surface area contributed by atoms with Crippen LogP contribution in [-0.4, -0.2) is 36.3 Å². The van der Waals surface area contributed by atoms with Crippen molar-refractivity contribution in [1.29, 1.82) is 0 Å². The summed E-state index contributed by atoms with van der Waals surface area (Å²) < 4.78 is 16.5. The number of rotatable bonds is 5. The first kappa shape index (κ1) is 19.6. The summed E-state index contributed by atoms with van der Waals surface area (Å²) in [7, 11) is 0. The first-order valence-electron chi connectivity index (χ1n) is 9.01. The predicted octanol–water partition coefficient (Wildman–Crippen LogP) is 3.94. The Labute approximate surface area is 163 Å². The maximum absolute atomic E-state index is 12.4. The van der Waals surface area contributed by atoms with Crippen molar-refractivity contribution >= 4 is 23.5 Å². The molecule has 27 heavy (non-hydrogen) atoms. The first-order valence-corrected chi connectivity index (χ1v) is 9.45. The Kier molecular flexibility index (Phi) is 6.34. The van der Waals surface area contributed by atoms with E-state index in [0.717, 1.165) is 11.1 Å². The quantitative estimate of drug-likeness (QED) is 0.563. The lowest BCUT2D eigenvalue weighted by molar-refractivity contribution is -0.156. The number of hydrogen-bond acceptors (Lipinski definition) is 5. The normalized spacial score (nSPS) is 27.1. The Morgan fingerprint density at radius 3 is 2.63 bits per heavy atom.